The molecular weight excluding hydrogens is 396 g/mol. The number of hydrogen-bond donors (Lipinski definition) is 1. The Balaban J connectivity index is 1.71. The number of hydrogen-bond acceptors (Lipinski definition) is 2. The molecule has 3 aromatic carbocycles. The highest BCUT2D eigenvalue weighted by molar-refractivity contribution is 6.31. The zero-order valence-corrected chi connectivity index (χ0v) is 17.6. The van der Waals surface area contributed by atoms with Crippen LogP contribution >= 0.6 is 11.6 Å². The van der Waals surface area contributed by atoms with Gasteiger partial charge in [0.25, 0.3) is 0 Å². The highest BCUT2D eigenvalue weighted by atomic mass is 35.5. The van der Waals surface area contributed by atoms with Gasteiger partial charge in [0.05, 0.1) is 12.2 Å². The van der Waals surface area contributed by atoms with Gasteiger partial charge in [-0.2, -0.15) is 0 Å². The predicted octanol–water partition coefficient (Wildman–Crippen LogP) is 7.33. The number of rotatable bonds is 6. The lowest BCUT2D eigenvalue weighted by Gasteiger charge is -2.23. The van der Waals surface area contributed by atoms with E-state index < -0.39 is 5.97 Å². The van der Waals surface area contributed by atoms with Crippen molar-refractivity contribution in [2.45, 2.75) is 32.1 Å². The summed E-state index contributed by atoms with van der Waals surface area (Å²) in [6, 6.07) is 20.7. The van der Waals surface area contributed by atoms with E-state index in [1.165, 1.54) is 32.1 Å². The van der Waals surface area contributed by atoms with Crippen molar-refractivity contribution in [2.24, 2.45) is 5.92 Å². The molecule has 0 spiro atoms. The largest absolute Gasteiger partial charge is 0.493 e. The molecule has 0 saturated heterocycles. The normalized spacial score (nSPS) is 14.4. The number of halogens is 1. The molecule has 1 aliphatic rings. The molecule has 0 bridgehead atoms. The third kappa shape index (κ3) is 4.68. The molecular formula is C26H25ClO3. The van der Waals surface area contributed by atoms with Crippen LogP contribution in [0.2, 0.25) is 5.02 Å². The topological polar surface area (TPSA) is 46.5 Å². The standard InChI is InChI=1S/C26H25ClO3/c27-21-13-14-25(30-17-18-7-2-1-3-8-18)24(16-21)23-12-5-4-11-22(23)19-9-6-10-20(15-19)26(28)29/h4-6,9-16,18H,1-3,7-8,17H2,(H,28,29). The lowest BCUT2D eigenvalue weighted by atomic mass is 9.90. The van der Waals surface area contributed by atoms with Crippen LogP contribution in [0.15, 0.2) is 66.7 Å². The maximum Gasteiger partial charge on any atom is 0.335 e. The van der Waals surface area contributed by atoms with Crippen LogP contribution in [0, 0.1) is 5.92 Å². The van der Waals surface area contributed by atoms with E-state index in [2.05, 4.69) is 0 Å². The third-order valence-electron chi connectivity index (χ3n) is 5.78. The molecule has 4 heteroatoms. The molecule has 0 aromatic heterocycles. The van der Waals surface area contributed by atoms with Gasteiger partial charge in [0.2, 0.25) is 0 Å². The first-order valence-electron chi connectivity index (χ1n) is 10.5. The number of ether oxygens (including phenoxy) is 1. The summed E-state index contributed by atoms with van der Waals surface area (Å²) in [5, 5.41) is 10.0. The van der Waals surface area contributed by atoms with E-state index in [9.17, 15) is 9.90 Å². The van der Waals surface area contributed by atoms with E-state index >= 15 is 0 Å². The monoisotopic (exact) mass is 420 g/mol. The molecule has 1 saturated carbocycles. The summed E-state index contributed by atoms with van der Waals surface area (Å²) in [6.45, 7) is 0.714. The van der Waals surface area contributed by atoms with E-state index in [4.69, 9.17) is 16.3 Å². The van der Waals surface area contributed by atoms with Crippen LogP contribution in [0.5, 0.6) is 5.75 Å². The van der Waals surface area contributed by atoms with Crippen molar-refractivity contribution in [2.75, 3.05) is 6.61 Å². The van der Waals surface area contributed by atoms with Crippen LogP contribution in [-0.4, -0.2) is 17.7 Å². The number of carboxylic acids is 1. The van der Waals surface area contributed by atoms with E-state index in [1.54, 1.807) is 18.2 Å². The van der Waals surface area contributed by atoms with Crippen LogP contribution in [0.1, 0.15) is 42.5 Å². The molecule has 154 valence electrons. The van der Waals surface area contributed by atoms with Crippen LogP contribution in [-0.2, 0) is 0 Å². The fourth-order valence-electron chi connectivity index (χ4n) is 4.19. The van der Waals surface area contributed by atoms with Crippen molar-refractivity contribution >= 4 is 17.6 Å². The molecule has 0 amide bonds. The van der Waals surface area contributed by atoms with Gasteiger partial charge in [-0.15, -0.1) is 0 Å². The first-order chi connectivity index (χ1) is 14.6. The summed E-state index contributed by atoms with van der Waals surface area (Å²) >= 11 is 6.35. The number of carboxylic acid groups (broad SMARTS) is 1. The van der Waals surface area contributed by atoms with Crippen molar-refractivity contribution in [3.05, 3.63) is 77.3 Å². The minimum absolute atomic E-state index is 0.266. The minimum Gasteiger partial charge on any atom is -0.493 e. The quantitative estimate of drug-likeness (QED) is 0.454. The molecule has 0 radical (unpaired) electrons. The van der Waals surface area contributed by atoms with Crippen molar-refractivity contribution < 1.29 is 14.6 Å². The number of carbonyl (C=O) groups is 1. The fraction of sp³-hybridized carbons (Fsp3) is 0.269. The summed E-state index contributed by atoms with van der Waals surface area (Å²) in [4.78, 5) is 11.4. The van der Waals surface area contributed by atoms with E-state index in [-0.39, 0.29) is 5.56 Å². The highest BCUT2D eigenvalue weighted by Crippen LogP contribution is 2.39. The third-order valence-corrected chi connectivity index (χ3v) is 6.01. The Hall–Kier alpha value is -2.78. The zero-order valence-electron chi connectivity index (χ0n) is 16.8. The van der Waals surface area contributed by atoms with Gasteiger partial charge in [-0.1, -0.05) is 67.3 Å². The zero-order chi connectivity index (χ0) is 20.9. The maximum absolute atomic E-state index is 11.4. The van der Waals surface area contributed by atoms with Crippen molar-refractivity contribution in [1.29, 1.82) is 0 Å². The van der Waals surface area contributed by atoms with Crippen LogP contribution in [0.4, 0.5) is 0 Å². The molecule has 3 nitrogen and oxygen atoms in total. The lowest BCUT2D eigenvalue weighted by Crippen LogP contribution is -2.15. The Labute approximate surface area is 182 Å². The summed E-state index contributed by atoms with van der Waals surface area (Å²) in [5.41, 5.74) is 3.96. The maximum atomic E-state index is 11.4. The van der Waals surface area contributed by atoms with Crippen molar-refractivity contribution in [3.63, 3.8) is 0 Å². The first-order valence-corrected chi connectivity index (χ1v) is 10.8. The SMILES string of the molecule is O=C(O)c1cccc(-c2ccccc2-c2cc(Cl)ccc2OCC2CCCCC2)c1. The Bertz CT molecular complexity index is 1040. The Kier molecular flexibility index (Phi) is 6.39. The average Bonchev–Trinajstić information content (AvgIpc) is 2.79. The molecule has 0 heterocycles. The lowest BCUT2D eigenvalue weighted by molar-refractivity contribution is 0.0697. The second-order valence-corrected chi connectivity index (χ2v) is 8.32. The smallest absolute Gasteiger partial charge is 0.335 e. The molecule has 4 rings (SSSR count). The van der Waals surface area contributed by atoms with Gasteiger partial charge in [0, 0.05) is 10.6 Å². The number of aromatic carboxylic acids is 1. The van der Waals surface area contributed by atoms with Crippen LogP contribution in [0.3, 0.4) is 0 Å². The summed E-state index contributed by atoms with van der Waals surface area (Å²) in [5.74, 6) is 0.477. The molecule has 1 fully saturated rings. The molecule has 0 aliphatic heterocycles. The molecule has 0 unspecified atom stereocenters. The Morgan fingerprint density at radius 1 is 0.900 bits per heavy atom. The van der Waals surface area contributed by atoms with Gasteiger partial charge in [-0.25, -0.2) is 4.79 Å². The van der Waals surface area contributed by atoms with Gasteiger partial charge in [-0.05, 0) is 65.8 Å². The summed E-state index contributed by atoms with van der Waals surface area (Å²) in [6.07, 6.45) is 6.34. The Morgan fingerprint density at radius 3 is 2.43 bits per heavy atom. The molecule has 0 atom stereocenters. The van der Waals surface area contributed by atoms with Crippen LogP contribution in [0.25, 0.3) is 22.3 Å². The van der Waals surface area contributed by atoms with Gasteiger partial charge >= 0.3 is 5.97 Å². The Morgan fingerprint density at radius 2 is 1.67 bits per heavy atom. The summed E-state index contributed by atoms with van der Waals surface area (Å²) < 4.78 is 6.29. The van der Waals surface area contributed by atoms with Crippen molar-refractivity contribution in [1.82, 2.24) is 0 Å². The first kappa shape index (κ1) is 20.5. The van der Waals surface area contributed by atoms with Gasteiger partial charge < -0.3 is 9.84 Å². The second kappa shape index (κ2) is 9.36. The van der Waals surface area contributed by atoms with E-state index in [0.29, 0.717) is 17.5 Å². The fourth-order valence-corrected chi connectivity index (χ4v) is 4.36. The van der Waals surface area contributed by atoms with Gasteiger partial charge in [0.15, 0.2) is 0 Å². The highest BCUT2D eigenvalue weighted by Gasteiger charge is 2.17. The van der Waals surface area contributed by atoms with Gasteiger partial charge in [0.1, 0.15) is 5.75 Å². The minimum atomic E-state index is -0.936. The molecule has 1 aliphatic carbocycles. The average molecular weight is 421 g/mol. The van der Waals surface area contributed by atoms with E-state index in [0.717, 1.165) is 28.0 Å². The molecule has 1 N–H and O–H groups in total. The predicted molar refractivity (Wildman–Crippen MR) is 121 cm³/mol. The molecule has 30 heavy (non-hydrogen) atoms. The number of benzene rings is 3. The van der Waals surface area contributed by atoms with Crippen molar-refractivity contribution in [3.8, 4) is 28.0 Å². The molecule has 3 aromatic rings. The summed E-state index contributed by atoms with van der Waals surface area (Å²) in [7, 11) is 0. The van der Waals surface area contributed by atoms with Crippen LogP contribution < -0.4 is 4.74 Å². The second-order valence-electron chi connectivity index (χ2n) is 7.89. The van der Waals surface area contributed by atoms with E-state index in [1.807, 2.05) is 48.5 Å². The van der Waals surface area contributed by atoms with Gasteiger partial charge in [-0.3, -0.25) is 0 Å².